The van der Waals surface area contributed by atoms with E-state index in [-0.39, 0.29) is 17.9 Å². The highest BCUT2D eigenvalue weighted by molar-refractivity contribution is 7.98. The third-order valence-electron chi connectivity index (χ3n) is 1.44. The predicted molar refractivity (Wildman–Crippen MR) is 46.6 cm³/mol. The van der Waals surface area contributed by atoms with E-state index in [1.54, 1.807) is 11.8 Å². The molecular weight excluding hydrogens is 162 g/mol. The number of thioether (sulfide) groups is 1. The van der Waals surface area contributed by atoms with Crippen LogP contribution in [0, 0.1) is 0 Å². The van der Waals surface area contributed by atoms with Gasteiger partial charge in [0.05, 0.1) is 0 Å². The van der Waals surface area contributed by atoms with E-state index in [1.165, 1.54) is 0 Å². The van der Waals surface area contributed by atoms with Crippen LogP contribution >= 0.6 is 11.8 Å². The number of nitrogens with two attached hydrogens (primary N) is 1. The molecule has 1 heterocycles. The lowest BCUT2D eigenvalue weighted by atomic mass is 10.2. The molecule has 1 rings (SSSR count). The Balaban J connectivity index is 2.39. The van der Waals surface area contributed by atoms with Gasteiger partial charge >= 0.3 is 0 Å². The van der Waals surface area contributed by atoms with Crippen molar-refractivity contribution in [1.29, 1.82) is 0 Å². The van der Waals surface area contributed by atoms with Gasteiger partial charge in [-0.15, -0.1) is 0 Å². The van der Waals surface area contributed by atoms with E-state index in [4.69, 9.17) is 5.73 Å². The second-order valence-electron chi connectivity index (χ2n) is 2.30. The molecule has 0 aromatic rings. The lowest BCUT2D eigenvalue weighted by molar-refractivity contribution is -0.120. The van der Waals surface area contributed by atoms with Crippen LogP contribution in [0.5, 0.6) is 0 Å². The van der Waals surface area contributed by atoms with Crippen molar-refractivity contribution in [1.82, 2.24) is 5.32 Å². The Morgan fingerprint density at radius 1 is 1.82 bits per heavy atom. The molecule has 0 saturated carbocycles. The number of hydrogen-bond donors (Lipinski definition) is 2. The topological polar surface area (TPSA) is 67.5 Å². The summed E-state index contributed by atoms with van der Waals surface area (Å²) in [5, 5.41) is 2.46. The van der Waals surface area contributed by atoms with Crippen LogP contribution in [0.25, 0.3) is 0 Å². The molecule has 1 aliphatic rings. The normalized spacial score (nSPS) is 23.2. The molecule has 62 valence electrons. The number of amides is 1. The van der Waals surface area contributed by atoms with Gasteiger partial charge in [0, 0.05) is 0 Å². The van der Waals surface area contributed by atoms with Crippen molar-refractivity contribution in [2.24, 2.45) is 10.7 Å². The van der Waals surface area contributed by atoms with Crippen molar-refractivity contribution in [3.8, 4) is 0 Å². The molecule has 0 fully saturated rings. The highest BCUT2D eigenvalue weighted by Crippen LogP contribution is 2.07. The maximum Gasteiger partial charge on any atom is 0.251 e. The Morgan fingerprint density at radius 2 is 2.55 bits per heavy atom. The molecule has 0 spiro atoms. The first-order valence-electron chi connectivity index (χ1n) is 3.37. The highest BCUT2D eigenvalue weighted by Gasteiger charge is 2.23. The number of carbonyl (C=O) groups excluding carboxylic acids is 1. The lowest BCUT2D eigenvalue weighted by Crippen LogP contribution is -2.33. The third kappa shape index (κ3) is 2.11. The average molecular weight is 173 g/mol. The number of guanidine groups is 1. The quantitative estimate of drug-likeness (QED) is 0.607. The molecule has 0 aromatic heterocycles. The van der Waals surface area contributed by atoms with Crippen LogP contribution in [0.1, 0.15) is 6.42 Å². The van der Waals surface area contributed by atoms with Gasteiger partial charge in [0.15, 0.2) is 5.96 Å². The molecule has 1 aliphatic heterocycles. The first kappa shape index (κ1) is 8.39. The number of nitrogens with zero attached hydrogens (tertiary/aromatic N) is 1. The SMILES string of the molecule is CSCCC1N=C(N)NC1=O. The molecule has 0 aliphatic carbocycles. The van der Waals surface area contributed by atoms with E-state index >= 15 is 0 Å². The molecule has 0 bridgehead atoms. The Labute approximate surface area is 69.6 Å². The molecule has 0 saturated heterocycles. The van der Waals surface area contributed by atoms with Gasteiger partial charge in [0.25, 0.3) is 5.91 Å². The molecule has 1 amide bonds. The van der Waals surface area contributed by atoms with Crippen LogP contribution in [0.3, 0.4) is 0 Å². The molecule has 0 radical (unpaired) electrons. The van der Waals surface area contributed by atoms with Gasteiger partial charge in [0.2, 0.25) is 0 Å². The van der Waals surface area contributed by atoms with Gasteiger partial charge in [-0.25, -0.2) is 4.99 Å². The molecule has 11 heavy (non-hydrogen) atoms. The van der Waals surface area contributed by atoms with Gasteiger partial charge in [-0.3, -0.25) is 10.1 Å². The van der Waals surface area contributed by atoms with E-state index in [0.717, 1.165) is 12.2 Å². The van der Waals surface area contributed by atoms with Crippen LogP contribution in [0.15, 0.2) is 4.99 Å². The fourth-order valence-corrected chi connectivity index (χ4v) is 1.35. The zero-order valence-corrected chi connectivity index (χ0v) is 7.15. The summed E-state index contributed by atoms with van der Waals surface area (Å²) >= 11 is 1.70. The van der Waals surface area contributed by atoms with Crippen molar-refractivity contribution >= 4 is 23.6 Å². The fraction of sp³-hybridized carbons (Fsp3) is 0.667. The summed E-state index contributed by atoms with van der Waals surface area (Å²) in [7, 11) is 0. The number of nitrogens with one attached hydrogen (secondary N) is 1. The molecule has 0 aromatic carbocycles. The largest absolute Gasteiger partial charge is 0.370 e. The van der Waals surface area contributed by atoms with Gasteiger partial charge < -0.3 is 5.73 Å². The van der Waals surface area contributed by atoms with Crippen molar-refractivity contribution in [3.63, 3.8) is 0 Å². The highest BCUT2D eigenvalue weighted by atomic mass is 32.2. The Kier molecular flexibility index (Phi) is 2.76. The molecule has 5 heteroatoms. The first-order valence-corrected chi connectivity index (χ1v) is 4.76. The van der Waals surface area contributed by atoms with Crippen molar-refractivity contribution in [2.75, 3.05) is 12.0 Å². The van der Waals surface area contributed by atoms with E-state index < -0.39 is 0 Å². The summed E-state index contributed by atoms with van der Waals surface area (Å²) in [6.07, 6.45) is 2.77. The fourth-order valence-electron chi connectivity index (χ4n) is 0.893. The van der Waals surface area contributed by atoms with Crippen LogP contribution in [0.4, 0.5) is 0 Å². The second-order valence-corrected chi connectivity index (χ2v) is 3.29. The Bertz CT molecular complexity index is 192. The van der Waals surface area contributed by atoms with E-state index in [2.05, 4.69) is 10.3 Å². The van der Waals surface area contributed by atoms with E-state index in [9.17, 15) is 4.79 Å². The molecule has 1 unspecified atom stereocenters. The Morgan fingerprint density at radius 3 is 3.00 bits per heavy atom. The maximum absolute atomic E-state index is 11.0. The summed E-state index contributed by atoms with van der Waals surface area (Å²) in [6, 6.07) is -0.248. The zero-order chi connectivity index (χ0) is 8.27. The number of aliphatic imine (C=N–C) groups is 1. The number of rotatable bonds is 3. The molecule has 1 atom stereocenters. The predicted octanol–water partition coefficient (Wildman–Crippen LogP) is -0.447. The van der Waals surface area contributed by atoms with Crippen LogP contribution in [0.2, 0.25) is 0 Å². The standard InChI is InChI=1S/C6H11N3OS/c1-11-3-2-4-5(10)9-6(7)8-4/h4H,2-3H2,1H3,(H3,7,8,9,10). The summed E-state index contributed by atoms with van der Waals surface area (Å²) in [5.74, 6) is 1.12. The number of hydrogen-bond acceptors (Lipinski definition) is 4. The van der Waals surface area contributed by atoms with Crippen molar-refractivity contribution < 1.29 is 4.79 Å². The van der Waals surface area contributed by atoms with Crippen LogP contribution < -0.4 is 11.1 Å². The number of carbonyl (C=O) groups is 1. The second kappa shape index (κ2) is 3.61. The third-order valence-corrected chi connectivity index (χ3v) is 2.09. The van der Waals surface area contributed by atoms with Crippen LogP contribution in [-0.4, -0.2) is 29.9 Å². The van der Waals surface area contributed by atoms with E-state index in [1.807, 2.05) is 6.26 Å². The smallest absolute Gasteiger partial charge is 0.251 e. The van der Waals surface area contributed by atoms with Gasteiger partial charge in [-0.05, 0) is 18.4 Å². The maximum atomic E-state index is 11.0. The first-order chi connectivity index (χ1) is 5.24. The molecule has 4 nitrogen and oxygen atoms in total. The van der Waals surface area contributed by atoms with Crippen molar-refractivity contribution in [2.45, 2.75) is 12.5 Å². The lowest BCUT2D eigenvalue weighted by Gasteiger charge is -2.00. The Hall–Kier alpha value is -0.710. The zero-order valence-electron chi connectivity index (χ0n) is 6.33. The molecule has 3 N–H and O–H groups in total. The summed E-state index contributed by atoms with van der Waals surface area (Å²) in [6.45, 7) is 0. The van der Waals surface area contributed by atoms with Gasteiger partial charge in [0.1, 0.15) is 6.04 Å². The van der Waals surface area contributed by atoms with Crippen LogP contribution in [-0.2, 0) is 4.79 Å². The minimum Gasteiger partial charge on any atom is -0.370 e. The monoisotopic (exact) mass is 173 g/mol. The summed E-state index contributed by atoms with van der Waals surface area (Å²) in [4.78, 5) is 14.9. The van der Waals surface area contributed by atoms with Gasteiger partial charge in [-0.1, -0.05) is 0 Å². The minimum absolute atomic E-state index is 0.0726. The minimum atomic E-state index is -0.248. The summed E-state index contributed by atoms with van der Waals surface area (Å²) in [5.41, 5.74) is 5.30. The summed E-state index contributed by atoms with van der Waals surface area (Å²) < 4.78 is 0. The average Bonchev–Trinajstić information content (AvgIpc) is 2.26. The van der Waals surface area contributed by atoms with E-state index in [0.29, 0.717) is 0 Å². The molecular formula is C6H11N3OS. The van der Waals surface area contributed by atoms with Crippen molar-refractivity contribution in [3.05, 3.63) is 0 Å². The van der Waals surface area contributed by atoms with Gasteiger partial charge in [-0.2, -0.15) is 11.8 Å².